The Morgan fingerprint density at radius 2 is 1.68 bits per heavy atom. The number of methoxy groups -OCH3 is 3. The maximum atomic E-state index is 13.7. The number of fused-ring (bicyclic) bond motifs is 1. The van der Waals surface area contributed by atoms with E-state index in [1.54, 1.807) is 32.1 Å². The minimum atomic E-state index is -0.618. The highest BCUT2D eigenvalue weighted by atomic mass is 16.5. The summed E-state index contributed by atoms with van der Waals surface area (Å²) in [6.07, 6.45) is 0. The van der Waals surface area contributed by atoms with Crippen molar-refractivity contribution in [1.29, 1.82) is 0 Å². The van der Waals surface area contributed by atoms with Crippen molar-refractivity contribution in [3.05, 3.63) is 89.6 Å². The fourth-order valence-corrected chi connectivity index (χ4v) is 4.38. The van der Waals surface area contributed by atoms with Gasteiger partial charge in [0.05, 0.1) is 26.9 Å². The van der Waals surface area contributed by atoms with Crippen LogP contribution in [0.1, 0.15) is 18.5 Å². The standard InChI is InChI=1S/C28H27N5O4/c1-17-24(27(34)30-19-10-6-5-7-11-19)25(22-14-13-21(36-3)16-23(22)37-4)33-28(29-17)31-26(32-33)18-9-8-12-20(15-18)35-2/h5-16,25H,1-4H3,(H,30,34)(H,29,31,32). The van der Waals surface area contributed by atoms with Gasteiger partial charge in [-0.25, -0.2) is 4.68 Å². The van der Waals surface area contributed by atoms with Crippen molar-refractivity contribution in [2.24, 2.45) is 0 Å². The van der Waals surface area contributed by atoms with Crippen molar-refractivity contribution in [3.63, 3.8) is 0 Å². The van der Waals surface area contributed by atoms with E-state index in [1.807, 2.05) is 73.7 Å². The van der Waals surface area contributed by atoms with Crippen molar-refractivity contribution in [2.45, 2.75) is 13.0 Å². The number of para-hydroxylation sites is 1. The predicted octanol–water partition coefficient (Wildman–Crippen LogP) is 4.90. The van der Waals surface area contributed by atoms with Crippen LogP contribution >= 0.6 is 0 Å². The molecule has 2 heterocycles. The summed E-state index contributed by atoms with van der Waals surface area (Å²) >= 11 is 0. The number of hydrogen-bond donors (Lipinski definition) is 2. The molecule has 0 spiro atoms. The molecule has 1 unspecified atom stereocenters. The van der Waals surface area contributed by atoms with Crippen LogP contribution in [0.2, 0.25) is 0 Å². The van der Waals surface area contributed by atoms with Gasteiger partial charge in [0.1, 0.15) is 23.3 Å². The van der Waals surface area contributed by atoms with Crippen LogP contribution in [0.4, 0.5) is 11.6 Å². The van der Waals surface area contributed by atoms with E-state index >= 15 is 0 Å². The molecular weight excluding hydrogens is 470 g/mol. The van der Waals surface area contributed by atoms with Crippen LogP contribution in [0.5, 0.6) is 17.2 Å². The first-order valence-corrected chi connectivity index (χ1v) is 11.7. The number of anilines is 2. The lowest BCUT2D eigenvalue weighted by Gasteiger charge is -2.29. The molecule has 9 heteroatoms. The molecule has 1 amide bonds. The molecule has 2 N–H and O–H groups in total. The molecule has 9 nitrogen and oxygen atoms in total. The van der Waals surface area contributed by atoms with Crippen LogP contribution in [0.25, 0.3) is 11.4 Å². The highest BCUT2D eigenvalue weighted by Crippen LogP contribution is 2.41. The first-order valence-electron chi connectivity index (χ1n) is 11.7. The highest BCUT2D eigenvalue weighted by molar-refractivity contribution is 6.06. The number of allylic oxidation sites excluding steroid dienone is 1. The Balaban J connectivity index is 1.65. The molecule has 5 rings (SSSR count). The van der Waals surface area contributed by atoms with Gasteiger partial charge in [0.25, 0.3) is 5.91 Å². The average Bonchev–Trinajstić information content (AvgIpc) is 3.36. The minimum absolute atomic E-state index is 0.261. The van der Waals surface area contributed by atoms with E-state index in [0.717, 1.165) is 11.1 Å². The van der Waals surface area contributed by atoms with Crippen molar-refractivity contribution in [1.82, 2.24) is 14.8 Å². The largest absolute Gasteiger partial charge is 0.497 e. The Bertz CT molecular complexity index is 1480. The molecule has 0 radical (unpaired) electrons. The number of carbonyl (C=O) groups excluding carboxylic acids is 1. The molecule has 1 atom stereocenters. The molecule has 0 bridgehead atoms. The minimum Gasteiger partial charge on any atom is -0.497 e. The molecule has 0 saturated heterocycles. The summed E-state index contributed by atoms with van der Waals surface area (Å²) in [5.74, 6) is 2.65. The van der Waals surface area contributed by atoms with Crippen LogP contribution < -0.4 is 24.8 Å². The summed E-state index contributed by atoms with van der Waals surface area (Å²) in [6, 6.07) is 21.7. The van der Waals surface area contributed by atoms with E-state index in [9.17, 15) is 4.79 Å². The number of amides is 1. The first-order chi connectivity index (χ1) is 18.0. The fraction of sp³-hybridized carbons (Fsp3) is 0.179. The zero-order valence-corrected chi connectivity index (χ0v) is 21.0. The van der Waals surface area contributed by atoms with Crippen LogP contribution in [-0.2, 0) is 4.79 Å². The van der Waals surface area contributed by atoms with Gasteiger partial charge in [-0.15, -0.1) is 5.10 Å². The van der Waals surface area contributed by atoms with Gasteiger partial charge in [-0.05, 0) is 43.3 Å². The van der Waals surface area contributed by atoms with E-state index in [-0.39, 0.29) is 5.91 Å². The Hall–Kier alpha value is -4.79. The molecule has 37 heavy (non-hydrogen) atoms. The molecule has 188 valence electrons. The Morgan fingerprint density at radius 3 is 2.41 bits per heavy atom. The monoisotopic (exact) mass is 497 g/mol. The zero-order valence-electron chi connectivity index (χ0n) is 21.0. The van der Waals surface area contributed by atoms with Gasteiger partial charge in [-0.2, -0.15) is 4.98 Å². The number of benzene rings is 3. The number of carbonyl (C=O) groups is 1. The van der Waals surface area contributed by atoms with Crippen LogP contribution in [0, 0.1) is 0 Å². The summed E-state index contributed by atoms with van der Waals surface area (Å²) in [5.41, 5.74) is 3.37. The SMILES string of the molecule is COc1cccc(-c2nc3n(n2)C(c2ccc(OC)cc2OC)C(C(=O)Nc2ccccc2)=C(C)N3)c1. The molecule has 3 aromatic carbocycles. The second-order valence-corrected chi connectivity index (χ2v) is 8.43. The summed E-state index contributed by atoms with van der Waals surface area (Å²) in [5, 5.41) is 11.1. The highest BCUT2D eigenvalue weighted by Gasteiger charge is 2.36. The van der Waals surface area contributed by atoms with Crippen LogP contribution in [0.15, 0.2) is 84.1 Å². The van der Waals surface area contributed by atoms with Gasteiger partial charge in [0.15, 0.2) is 5.82 Å². The van der Waals surface area contributed by atoms with E-state index < -0.39 is 6.04 Å². The lowest BCUT2D eigenvalue weighted by atomic mass is 9.94. The van der Waals surface area contributed by atoms with Gasteiger partial charge in [-0.3, -0.25) is 4.79 Å². The van der Waals surface area contributed by atoms with E-state index in [1.165, 1.54) is 0 Å². The quantitative estimate of drug-likeness (QED) is 0.375. The average molecular weight is 498 g/mol. The van der Waals surface area contributed by atoms with Crippen LogP contribution in [0.3, 0.4) is 0 Å². The van der Waals surface area contributed by atoms with Crippen molar-refractivity contribution in [2.75, 3.05) is 32.0 Å². The third-order valence-electron chi connectivity index (χ3n) is 6.19. The van der Waals surface area contributed by atoms with Crippen molar-refractivity contribution >= 4 is 17.5 Å². The van der Waals surface area contributed by atoms with Crippen molar-refractivity contribution < 1.29 is 19.0 Å². The number of hydrogen-bond acceptors (Lipinski definition) is 7. The van der Waals surface area contributed by atoms with E-state index in [4.69, 9.17) is 24.3 Å². The smallest absolute Gasteiger partial charge is 0.255 e. The second kappa shape index (κ2) is 10.1. The third kappa shape index (κ3) is 4.58. The number of nitrogens with zero attached hydrogens (tertiary/aromatic N) is 3. The predicted molar refractivity (Wildman–Crippen MR) is 141 cm³/mol. The van der Waals surface area contributed by atoms with Gasteiger partial charge in [-0.1, -0.05) is 30.3 Å². The number of ether oxygens (including phenoxy) is 3. The second-order valence-electron chi connectivity index (χ2n) is 8.43. The van der Waals surface area contributed by atoms with Crippen molar-refractivity contribution in [3.8, 4) is 28.6 Å². The molecule has 1 aliphatic rings. The topological polar surface area (TPSA) is 99.5 Å². The third-order valence-corrected chi connectivity index (χ3v) is 6.19. The summed E-state index contributed by atoms with van der Waals surface area (Å²) in [4.78, 5) is 18.4. The normalized spacial score (nSPS) is 14.4. The fourth-order valence-electron chi connectivity index (χ4n) is 4.38. The lowest BCUT2D eigenvalue weighted by molar-refractivity contribution is -0.113. The molecule has 0 saturated carbocycles. The number of aromatic nitrogens is 3. The Kier molecular flexibility index (Phi) is 6.51. The van der Waals surface area contributed by atoms with Gasteiger partial charge in [0.2, 0.25) is 5.95 Å². The summed E-state index contributed by atoms with van der Waals surface area (Å²) in [7, 11) is 4.80. The first kappa shape index (κ1) is 23.9. The molecule has 1 aromatic heterocycles. The summed E-state index contributed by atoms with van der Waals surface area (Å²) in [6.45, 7) is 1.85. The number of nitrogens with one attached hydrogen (secondary N) is 2. The van der Waals surface area contributed by atoms with Gasteiger partial charge < -0.3 is 24.8 Å². The van der Waals surface area contributed by atoms with E-state index in [2.05, 4.69) is 10.6 Å². The molecule has 0 aliphatic carbocycles. The van der Waals surface area contributed by atoms with Gasteiger partial charge >= 0.3 is 0 Å². The van der Waals surface area contributed by atoms with Gasteiger partial charge in [0, 0.05) is 28.6 Å². The lowest BCUT2D eigenvalue weighted by Crippen LogP contribution is -2.31. The molecule has 1 aliphatic heterocycles. The van der Waals surface area contributed by atoms with Crippen LogP contribution in [-0.4, -0.2) is 42.0 Å². The zero-order chi connectivity index (χ0) is 25.9. The number of rotatable bonds is 7. The van der Waals surface area contributed by atoms with E-state index in [0.29, 0.717) is 46.0 Å². The maximum absolute atomic E-state index is 13.7. The Morgan fingerprint density at radius 1 is 0.919 bits per heavy atom. The molecule has 4 aromatic rings. The Labute approximate surface area is 214 Å². The summed E-state index contributed by atoms with van der Waals surface area (Å²) < 4.78 is 18.2. The molecule has 0 fully saturated rings. The molecular formula is C28H27N5O4. The maximum Gasteiger partial charge on any atom is 0.255 e.